The number of likely N-dealkylation sites (tertiary alicyclic amines) is 2. The van der Waals surface area contributed by atoms with Crippen LogP contribution in [-0.4, -0.2) is 88.1 Å². The number of aliphatic carboxylic acids is 1. The van der Waals surface area contributed by atoms with E-state index < -0.39 is 58.7 Å². The number of carboxylic acids is 1. The third kappa shape index (κ3) is 5.73. The molecular formula is C31H29ClF3N5O5S. The molecule has 1 aliphatic carbocycles. The Kier molecular flexibility index (Phi) is 8.79. The second-order valence-corrected chi connectivity index (χ2v) is 12.6. The molecule has 3 aliphatic heterocycles. The van der Waals surface area contributed by atoms with E-state index in [1.807, 2.05) is 4.90 Å². The van der Waals surface area contributed by atoms with Crippen molar-refractivity contribution in [2.45, 2.75) is 37.5 Å². The molecule has 10 nitrogen and oxygen atoms in total. The minimum absolute atomic E-state index is 0.00107. The minimum Gasteiger partial charge on any atom is -0.478 e. The molecule has 1 aromatic heterocycles. The fourth-order valence-electron chi connectivity index (χ4n) is 6.40. The first-order valence-corrected chi connectivity index (χ1v) is 15.9. The highest BCUT2D eigenvalue weighted by molar-refractivity contribution is 7.11. The SMILES string of the molecule is CCOC(=O)C1=C(CN2CC[C@]3(F)C(=O)N(C4C=CC(C(=O)O)=C(F)C4)C[C@@H]3C2)NC(c2nccs2)=N[C@H]1c1cccc(F)c1Cl. The molecule has 1 unspecified atom stereocenters. The molecule has 4 aliphatic rings. The second kappa shape index (κ2) is 12.6. The number of alkyl halides is 1. The monoisotopic (exact) mass is 675 g/mol. The number of ether oxygens (including phenoxy) is 1. The average Bonchev–Trinajstić information content (AvgIpc) is 3.65. The number of amides is 1. The first-order valence-electron chi connectivity index (χ1n) is 14.6. The molecule has 4 heterocycles. The van der Waals surface area contributed by atoms with E-state index in [2.05, 4.69) is 10.3 Å². The predicted octanol–water partition coefficient (Wildman–Crippen LogP) is 4.35. The van der Waals surface area contributed by atoms with Gasteiger partial charge in [-0.05, 0) is 19.1 Å². The van der Waals surface area contributed by atoms with Gasteiger partial charge >= 0.3 is 11.9 Å². The quantitative estimate of drug-likeness (QED) is 0.396. The molecule has 242 valence electrons. The number of rotatable bonds is 8. The number of thiazole rings is 1. The van der Waals surface area contributed by atoms with Crippen LogP contribution in [0.1, 0.15) is 36.4 Å². The summed E-state index contributed by atoms with van der Waals surface area (Å²) in [5, 5.41) is 14.5. The topological polar surface area (TPSA) is 124 Å². The van der Waals surface area contributed by atoms with Crippen LogP contribution in [0.4, 0.5) is 13.2 Å². The molecule has 0 bridgehead atoms. The number of aromatic nitrogens is 1. The maximum absolute atomic E-state index is 16.3. The summed E-state index contributed by atoms with van der Waals surface area (Å²) in [7, 11) is 0. The zero-order valence-electron chi connectivity index (χ0n) is 24.5. The van der Waals surface area contributed by atoms with Crippen LogP contribution in [0.2, 0.25) is 5.02 Å². The molecule has 2 saturated heterocycles. The number of hydrogen-bond acceptors (Lipinski definition) is 9. The number of fused-ring (bicyclic) bond motifs is 1. The summed E-state index contributed by atoms with van der Waals surface area (Å²) in [5.74, 6) is -4.83. The van der Waals surface area contributed by atoms with Crippen molar-refractivity contribution < 1.29 is 37.4 Å². The number of hydrogen-bond donors (Lipinski definition) is 2. The number of nitrogens with one attached hydrogen (secondary N) is 1. The predicted molar refractivity (Wildman–Crippen MR) is 163 cm³/mol. The Labute approximate surface area is 270 Å². The second-order valence-electron chi connectivity index (χ2n) is 11.4. The summed E-state index contributed by atoms with van der Waals surface area (Å²) in [6, 6.07) is 2.40. The lowest BCUT2D eigenvalue weighted by atomic mass is 9.84. The van der Waals surface area contributed by atoms with E-state index in [1.54, 1.807) is 24.6 Å². The highest BCUT2D eigenvalue weighted by Crippen LogP contribution is 2.43. The van der Waals surface area contributed by atoms with Gasteiger partial charge in [-0.25, -0.2) is 27.7 Å². The first kappa shape index (κ1) is 32.0. The van der Waals surface area contributed by atoms with E-state index in [1.165, 1.54) is 34.4 Å². The molecule has 0 radical (unpaired) electrons. The molecule has 15 heteroatoms. The van der Waals surface area contributed by atoms with Crippen molar-refractivity contribution in [2.75, 3.05) is 32.8 Å². The fourth-order valence-corrected chi connectivity index (χ4v) is 7.22. The highest BCUT2D eigenvalue weighted by atomic mass is 35.5. The molecule has 1 amide bonds. The largest absolute Gasteiger partial charge is 0.478 e. The molecule has 4 atom stereocenters. The Morgan fingerprint density at radius 3 is 2.78 bits per heavy atom. The molecule has 6 rings (SSSR count). The fraction of sp³-hybridized carbons (Fsp3) is 0.387. The maximum atomic E-state index is 16.3. The van der Waals surface area contributed by atoms with Crippen molar-refractivity contribution in [1.29, 1.82) is 0 Å². The number of benzene rings is 1. The smallest absolute Gasteiger partial charge is 0.338 e. The Balaban J connectivity index is 1.30. The van der Waals surface area contributed by atoms with Crippen LogP contribution in [-0.2, 0) is 19.1 Å². The summed E-state index contributed by atoms with van der Waals surface area (Å²) >= 11 is 7.69. The van der Waals surface area contributed by atoms with Gasteiger partial charge < -0.3 is 20.1 Å². The molecular weight excluding hydrogens is 647 g/mol. The summed E-state index contributed by atoms with van der Waals surface area (Å²) in [6.45, 7) is 2.11. The van der Waals surface area contributed by atoms with Crippen molar-refractivity contribution in [3.8, 4) is 0 Å². The lowest BCUT2D eigenvalue weighted by molar-refractivity contribution is -0.141. The van der Waals surface area contributed by atoms with Crippen molar-refractivity contribution in [3.63, 3.8) is 0 Å². The van der Waals surface area contributed by atoms with Gasteiger partial charge in [-0.3, -0.25) is 14.7 Å². The lowest BCUT2D eigenvalue weighted by Gasteiger charge is -2.38. The van der Waals surface area contributed by atoms with E-state index in [9.17, 15) is 28.3 Å². The van der Waals surface area contributed by atoms with Crippen LogP contribution >= 0.6 is 22.9 Å². The van der Waals surface area contributed by atoms with Gasteiger partial charge in [0.2, 0.25) is 0 Å². The molecule has 1 aromatic carbocycles. The van der Waals surface area contributed by atoms with Crippen molar-refractivity contribution in [1.82, 2.24) is 20.1 Å². The summed E-state index contributed by atoms with van der Waals surface area (Å²) in [5.41, 5.74) is -1.91. The van der Waals surface area contributed by atoms with E-state index in [0.29, 0.717) is 16.5 Å². The summed E-state index contributed by atoms with van der Waals surface area (Å²) in [4.78, 5) is 50.3. The molecule has 0 saturated carbocycles. The van der Waals surface area contributed by atoms with Crippen LogP contribution in [0.15, 0.2) is 69.6 Å². The van der Waals surface area contributed by atoms with Crippen LogP contribution < -0.4 is 5.32 Å². The van der Waals surface area contributed by atoms with Crippen LogP contribution in [0.25, 0.3) is 0 Å². The third-order valence-electron chi connectivity index (χ3n) is 8.66. The van der Waals surface area contributed by atoms with E-state index >= 15 is 4.39 Å². The number of aliphatic imine (C=N–C) groups is 1. The number of halogens is 4. The Bertz CT molecular complexity index is 1710. The molecule has 46 heavy (non-hydrogen) atoms. The number of carbonyl (C=O) groups is 3. The van der Waals surface area contributed by atoms with Gasteiger partial charge in [0.1, 0.15) is 17.7 Å². The van der Waals surface area contributed by atoms with Crippen LogP contribution in [0, 0.1) is 11.7 Å². The van der Waals surface area contributed by atoms with Crippen molar-refractivity contribution in [2.24, 2.45) is 10.9 Å². The van der Waals surface area contributed by atoms with E-state index in [4.69, 9.17) is 21.3 Å². The van der Waals surface area contributed by atoms with Gasteiger partial charge in [-0.2, -0.15) is 0 Å². The van der Waals surface area contributed by atoms with Gasteiger partial charge in [0.25, 0.3) is 5.91 Å². The standard InChI is InChI=1S/C31H29ClF3N5O5S/c1-2-45-29(43)23-22(37-26(27-36-9-11-46-27)38-25(23)19-4-3-5-20(33)24(19)32)15-39-10-8-31(35)16(13-39)14-40(30(31)44)17-6-7-18(28(41)42)21(34)12-17/h3-7,9,11,16-17,25H,2,8,10,12-15H2,1H3,(H,37,38)(H,41,42)/t16-,17?,25-,31+/m0/s1. The van der Waals surface area contributed by atoms with Crippen molar-refractivity contribution in [3.05, 3.63) is 86.0 Å². The highest BCUT2D eigenvalue weighted by Gasteiger charge is 2.58. The van der Waals surface area contributed by atoms with Crippen molar-refractivity contribution >= 4 is 46.6 Å². The van der Waals surface area contributed by atoms with Crippen LogP contribution in [0.3, 0.4) is 0 Å². The number of amidine groups is 1. The van der Waals surface area contributed by atoms with Gasteiger partial charge in [0, 0.05) is 67.8 Å². The first-order chi connectivity index (χ1) is 22.0. The third-order valence-corrected chi connectivity index (χ3v) is 9.84. The number of esters is 1. The summed E-state index contributed by atoms with van der Waals surface area (Å²) < 4.78 is 50.8. The Morgan fingerprint density at radius 2 is 2.09 bits per heavy atom. The molecule has 2 fully saturated rings. The summed E-state index contributed by atoms with van der Waals surface area (Å²) in [6.07, 6.45) is 3.63. The number of carbonyl (C=O) groups excluding carboxylic acids is 2. The maximum Gasteiger partial charge on any atom is 0.338 e. The Morgan fingerprint density at radius 1 is 1.28 bits per heavy atom. The molecule has 2 N–H and O–H groups in total. The number of nitrogens with zero attached hydrogens (tertiary/aromatic N) is 4. The average molecular weight is 676 g/mol. The molecule has 2 aromatic rings. The normalized spacial score (nSPS) is 26.6. The lowest BCUT2D eigenvalue weighted by Crippen LogP contribution is -2.52. The zero-order chi connectivity index (χ0) is 32.7. The Hall–Kier alpha value is -4.01. The number of piperidine rings is 1. The zero-order valence-corrected chi connectivity index (χ0v) is 26.1. The van der Waals surface area contributed by atoms with Gasteiger partial charge in [0.15, 0.2) is 16.5 Å². The van der Waals surface area contributed by atoms with E-state index in [-0.39, 0.29) is 61.8 Å². The van der Waals surface area contributed by atoms with Gasteiger partial charge in [0.05, 0.1) is 28.8 Å². The van der Waals surface area contributed by atoms with Gasteiger partial charge in [-0.1, -0.05) is 29.8 Å². The van der Waals surface area contributed by atoms with Gasteiger partial charge in [-0.15, -0.1) is 11.3 Å². The minimum atomic E-state index is -2.18. The number of carboxylic acid groups (broad SMARTS) is 1. The van der Waals surface area contributed by atoms with Crippen LogP contribution in [0.5, 0.6) is 0 Å². The molecule has 0 spiro atoms. The van der Waals surface area contributed by atoms with E-state index in [0.717, 1.165) is 6.08 Å².